The normalized spacial score (nSPS) is 11.2. The van der Waals surface area contributed by atoms with Crippen LogP contribution in [0.25, 0.3) is 122 Å². The number of rotatable bonds is 14. The lowest BCUT2D eigenvalue weighted by Gasteiger charge is -2.27. The highest BCUT2D eigenvalue weighted by Crippen LogP contribution is 2.46. The van der Waals surface area contributed by atoms with Gasteiger partial charge in [0.25, 0.3) is 0 Å². The smallest absolute Gasteiger partial charge is 0.0562 e. The number of fused-ring (bicyclic) bond motifs is 6. The van der Waals surface area contributed by atoms with E-state index in [1.165, 1.54) is 110 Å². The maximum absolute atomic E-state index is 2.40. The number of nitrogens with zero attached hydrogens (tertiary/aromatic N) is 4. The molecule has 0 fully saturated rings. The quantitative estimate of drug-likeness (QED) is 0.108. The Balaban J connectivity index is 0.000000150. The zero-order chi connectivity index (χ0) is 66.6. The Kier molecular flexibility index (Phi) is 16.4. The summed E-state index contributed by atoms with van der Waals surface area (Å²) in [6, 6.07) is 148. The van der Waals surface area contributed by atoms with Gasteiger partial charge in [0.2, 0.25) is 0 Å². The second kappa shape index (κ2) is 27.1. The van der Waals surface area contributed by atoms with Crippen LogP contribution in [-0.4, -0.2) is 9.13 Å². The molecule has 4 heteroatoms. The lowest BCUT2D eigenvalue weighted by atomic mass is 10.0. The van der Waals surface area contributed by atoms with E-state index in [0.29, 0.717) is 0 Å². The zero-order valence-electron chi connectivity index (χ0n) is 55.0. The molecule has 0 unspecified atom stereocenters. The highest BCUT2D eigenvalue weighted by atomic mass is 15.2. The van der Waals surface area contributed by atoms with Gasteiger partial charge in [-0.15, -0.1) is 0 Å². The van der Waals surface area contributed by atoms with Gasteiger partial charge in [-0.2, -0.15) is 0 Å². The van der Waals surface area contributed by atoms with Gasteiger partial charge in [0.1, 0.15) is 0 Å². The molecule has 0 saturated carbocycles. The first-order chi connectivity index (χ1) is 49.6. The molecule has 472 valence electrons. The van der Waals surface area contributed by atoms with Gasteiger partial charge in [0.15, 0.2) is 0 Å². The van der Waals surface area contributed by atoms with Gasteiger partial charge >= 0.3 is 0 Å². The molecular weight excluding hydrogens is 1210 g/mol. The van der Waals surface area contributed by atoms with Crippen molar-refractivity contribution < 1.29 is 0 Å². The topological polar surface area (TPSA) is 16.3 Å². The Bertz CT molecular complexity index is 5550. The van der Waals surface area contributed by atoms with Gasteiger partial charge < -0.3 is 18.9 Å². The molecule has 0 aliphatic rings. The predicted molar refractivity (Wildman–Crippen MR) is 424 cm³/mol. The molecule has 0 radical (unpaired) electrons. The number of hydrogen-bond donors (Lipinski definition) is 0. The van der Waals surface area contributed by atoms with Crippen molar-refractivity contribution in [2.24, 2.45) is 0 Å². The van der Waals surface area contributed by atoms with E-state index in [1.807, 2.05) is 0 Å². The van der Waals surface area contributed by atoms with Crippen molar-refractivity contribution >= 4 is 77.7 Å². The van der Waals surface area contributed by atoms with Crippen molar-refractivity contribution in [1.82, 2.24) is 9.13 Å². The van der Waals surface area contributed by atoms with E-state index in [4.69, 9.17) is 0 Å². The Hall–Kier alpha value is -13.3. The summed E-state index contributed by atoms with van der Waals surface area (Å²) in [6.45, 7) is 0. The molecule has 16 aromatic carbocycles. The average molecular weight is 1280 g/mol. The molecular formula is C96H68N4. The monoisotopic (exact) mass is 1280 g/mol. The van der Waals surface area contributed by atoms with Gasteiger partial charge in [-0.1, -0.05) is 303 Å². The van der Waals surface area contributed by atoms with Crippen molar-refractivity contribution in [2.45, 2.75) is 0 Å². The van der Waals surface area contributed by atoms with Crippen LogP contribution < -0.4 is 9.80 Å². The maximum Gasteiger partial charge on any atom is 0.0562 e. The van der Waals surface area contributed by atoms with Crippen LogP contribution in [0, 0.1) is 0 Å². The van der Waals surface area contributed by atoms with Crippen LogP contribution in [0.2, 0.25) is 0 Å². The molecule has 100 heavy (non-hydrogen) atoms. The van der Waals surface area contributed by atoms with Gasteiger partial charge in [0, 0.05) is 61.4 Å². The molecule has 0 aliphatic carbocycles. The average Bonchev–Trinajstić information content (AvgIpc) is 1.58. The van der Waals surface area contributed by atoms with Crippen molar-refractivity contribution in [3.05, 3.63) is 413 Å². The fraction of sp³-hybridized carbons (Fsp3) is 0. The number of aromatic nitrogens is 2. The summed E-state index contributed by atoms with van der Waals surface area (Å²) in [5.74, 6) is 0. The molecule has 2 aromatic heterocycles. The first-order valence-electron chi connectivity index (χ1n) is 34.2. The summed E-state index contributed by atoms with van der Waals surface area (Å²) in [5.41, 5.74) is 28.1. The van der Waals surface area contributed by atoms with Gasteiger partial charge in [0.05, 0.1) is 27.8 Å². The molecule has 2 heterocycles. The third-order valence-electron chi connectivity index (χ3n) is 19.2. The summed E-state index contributed by atoms with van der Waals surface area (Å²) in [5, 5.41) is 4.91. The Morgan fingerprint density at radius 3 is 0.790 bits per heavy atom. The van der Waals surface area contributed by atoms with Gasteiger partial charge in [-0.05, 0) is 176 Å². The van der Waals surface area contributed by atoms with Crippen molar-refractivity contribution in [3.8, 4) is 78.1 Å². The van der Waals surface area contributed by atoms with Crippen LogP contribution in [0.3, 0.4) is 0 Å². The van der Waals surface area contributed by atoms with Crippen molar-refractivity contribution in [2.75, 3.05) is 9.80 Å². The molecule has 0 aliphatic heterocycles. The standard InChI is InChI=1S/2C48H34N2/c1-4-13-35(14-5-1)38-23-29-41(30-24-38)49(42-31-25-39(26-32-42)36-15-6-2-7-16-36)46-21-12-22-47-48(46)44-19-10-11-20-45(44)50(47)43-33-27-40(28-34-43)37-17-8-3-9-18-37;1-4-12-35(13-5-1)38-20-26-41(27-21-38)49(42-28-22-39(23-29-42)36-14-6-2-7-15-36)44-32-33-46-45-18-10-11-19-47(45)50(48(46)34-44)43-30-24-40(25-31-43)37-16-8-3-9-17-37/h2*1-34H. The van der Waals surface area contributed by atoms with E-state index in [0.717, 1.165) is 45.5 Å². The van der Waals surface area contributed by atoms with Gasteiger partial charge in [-0.3, -0.25) is 0 Å². The zero-order valence-corrected chi connectivity index (χ0v) is 55.0. The molecule has 4 nitrogen and oxygen atoms in total. The fourth-order valence-corrected chi connectivity index (χ4v) is 14.3. The van der Waals surface area contributed by atoms with Crippen LogP contribution >= 0.6 is 0 Å². The van der Waals surface area contributed by atoms with Crippen LogP contribution in [0.15, 0.2) is 413 Å². The lowest BCUT2D eigenvalue weighted by molar-refractivity contribution is 1.18. The fourth-order valence-electron chi connectivity index (χ4n) is 14.3. The second-order valence-electron chi connectivity index (χ2n) is 25.2. The third kappa shape index (κ3) is 11.9. The minimum Gasteiger partial charge on any atom is -0.310 e. The maximum atomic E-state index is 2.40. The van der Waals surface area contributed by atoms with Crippen LogP contribution in [0.1, 0.15) is 0 Å². The van der Waals surface area contributed by atoms with E-state index in [-0.39, 0.29) is 0 Å². The van der Waals surface area contributed by atoms with Crippen molar-refractivity contribution in [1.29, 1.82) is 0 Å². The lowest BCUT2D eigenvalue weighted by Crippen LogP contribution is -2.10. The van der Waals surface area contributed by atoms with E-state index in [1.54, 1.807) is 0 Å². The number of hydrogen-bond acceptors (Lipinski definition) is 2. The summed E-state index contributed by atoms with van der Waals surface area (Å²) in [7, 11) is 0. The highest BCUT2D eigenvalue weighted by molar-refractivity contribution is 6.17. The largest absolute Gasteiger partial charge is 0.310 e. The van der Waals surface area contributed by atoms with Crippen molar-refractivity contribution in [3.63, 3.8) is 0 Å². The van der Waals surface area contributed by atoms with Crippen LogP contribution in [-0.2, 0) is 0 Å². The predicted octanol–water partition coefficient (Wildman–Crippen LogP) is 26.5. The molecule has 18 rings (SSSR count). The first kappa shape index (κ1) is 60.4. The molecule has 18 aromatic rings. The summed E-state index contributed by atoms with van der Waals surface area (Å²) in [4.78, 5) is 4.77. The molecule has 0 bridgehead atoms. The molecule has 0 atom stereocenters. The minimum absolute atomic E-state index is 1.10. The molecule has 0 spiro atoms. The molecule has 0 saturated heterocycles. The summed E-state index contributed by atoms with van der Waals surface area (Å²) < 4.78 is 4.80. The molecule has 0 amide bonds. The van der Waals surface area contributed by atoms with Crippen LogP contribution in [0.4, 0.5) is 34.1 Å². The van der Waals surface area contributed by atoms with Gasteiger partial charge in [-0.25, -0.2) is 0 Å². The first-order valence-corrected chi connectivity index (χ1v) is 34.2. The second-order valence-corrected chi connectivity index (χ2v) is 25.2. The Morgan fingerprint density at radius 2 is 0.420 bits per heavy atom. The minimum atomic E-state index is 1.10. The van der Waals surface area contributed by atoms with E-state index in [2.05, 4.69) is 431 Å². The molecule has 0 N–H and O–H groups in total. The van der Waals surface area contributed by atoms with E-state index < -0.39 is 0 Å². The summed E-state index contributed by atoms with van der Waals surface area (Å²) >= 11 is 0. The number of anilines is 6. The number of para-hydroxylation sites is 2. The van der Waals surface area contributed by atoms with Crippen LogP contribution in [0.5, 0.6) is 0 Å². The summed E-state index contributed by atoms with van der Waals surface area (Å²) in [6.07, 6.45) is 0. The van der Waals surface area contributed by atoms with E-state index >= 15 is 0 Å². The number of benzene rings is 16. The third-order valence-corrected chi connectivity index (χ3v) is 19.2. The Morgan fingerprint density at radius 1 is 0.160 bits per heavy atom. The SMILES string of the molecule is c1ccc(-c2ccc(N(c3ccc(-c4ccccc4)cc3)c3ccc4c5ccccc5n(-c5ccc(-c6ccccc6)cc5)c4c3)cc2)cc1.c1ccc(-c2ccc(N(c3ccc(-c4ccccc4)cc3)c3cccc4c3c3ccccc3n4-c3ccc(-c4ccccc4)cc3)cc2)cc1. The Labute approximate surface area is 583 Å². The van der Waals surface area contributed by atoms with E-state index in [9.17, 15) is 0 Å². The highest BCUT2D eigenvalue weighted by Gasteiger charge is 2.23.